The van der Waals surface area contributed by atoms with Crippen molar-refractivity contribution in [1.82, 2.24) is 4.90 Å². The van der Waals surface area contributed by atoms with Crippen molar-refractivity contribution in [3.8, 4) is 0 Å². The highest BCUT2D eigenvalue weighted by Gasteiger charge is 2.27. The van der Waals surface area contributed by atoms with Crippen LogP contribution in [0.15, 0.2) is 24.3 Å². The molecule has 2 nitrogen and oxygen atoms in total. The predicted octanol–water partition coefficient (Wildman–Crippen LogP) is 3.62. The van der Waals surface area contributed by atoms with E-state index in [2.05, 4.69) is 50.1 Å². The van der Waals surface area contributed by atoms with Crippen molar-refractivity contribution in [1.29, 1.82) is 0 Å². The minimum Gasteiger partial charge on any atom is -0.330 e. The van der Waals surface area contributed by atoms with E-state index in [1.807, 2.05) is 0 Å². The van der Waals surface area contributed by atoms with Gasteiger partial charge in [0, 0.05) is 6.04 Å². The van der Waals surface area contributed by atoms with Crippen molar-refractivity contribution in [2.45, 2.75) is 45.6 Å². The van der Waals surface area contributed by atoms with Crippen molar-refractivity contribution < 1.29 is 0 Å². The molecule has 0 spiro atoms. The van der Waals surface area contributed by atoms with E-state index in [1.54, 1.807) is 0 Å². The minimum absolute atomic E-state index is 0.496. The van der Waals surface area contributed by atoms with E-state index >= 15 is 0 Å². The number of hydrogen-bond acceptors (Lipinski definition) is 2. The summed E-state index contributed by atoms with van der Waals surface area (Å²) in [5.41, 5.74) is 8.92. The Kier molecular flexibility index (Phi) is 5.62. The van der Waals surface area contributed by atoms with Gasteiger partial charge in [-0.1, -0.05) is 44.5 Å². The highest BCUT2D eigenvalue weighted by Crippen LogP contribution is 2.33. The summed E-state index contributed by atoms with van der Waals surface area (Å²) in [5.74, 6) is 1.32. The number of nitrogens with two attached hydrogens (primary N) is 1. The third-order valence-electron chi connectivity index (χ3n) is 4.53. The van der Waals surface area contributed by atoms with Gasteiger partial charge in [-0.25, -0.2) is 0 Å². The third-order valence-corrected chi connectivity index (χ3v) is 4.53. The van der Waals surface area contributed by atoms with E-state index in [4.69, 9.17) is 5.73 Å². The van der Waals surface area contributed by atoms with Crippen molar-refractivity contribution in [2.24, 2.45) is 17.6 Å². The van der Waals surface area contributed by atoms with Crippen LogP contribution in [0.4, 0.5) is 0 Å². The normalized spacial score (nSPS) is 24.9. The summed E-state index contributed by atoms with van der Waals surface area (Å²) in [5, 5.41) is 0. The first-order valence-corrected chi connectivity index (χ1v) is 8.11. The second-order valence-electron chi connectivity index (χ2n) is 6.76. The molecule has 112 valence electrons. The van der Waals surface area contributed by atoms with E-state index in [9.17, 15) is 0 Å². The Hall–Kier alpha value is -0.860. The SMILES string of the molecule is CC(C)Cc1ccc(C2C(CN)CCCCN2C)cc1. The summed E-state index contributed by atoms with van der Waals surface area (Å²) in [4.78, 5) is 2.50. The van der Waals surface area contributed by atoms with Gasteiger partial charge in [0.1, 0.15) is 0 Å². The molecule has 1 aliphatic heterocycles. The molecule has 0 saturated carbocycles. The molecular formula is C18H30N2. The summed E-state index contributed by atoms with van der Waals surface area (Å²) >= 11 is 0. The summed E-state index contributed by atoms with van der Waals surface area (Å²) in [6, 6.07) is 9.76. The van der Waals surface area contributed by atoms with Gasteiger partial charge in [0.2, 0.25) is 0 Å². The Morgan fingerprint density at radius 2 is 1.90 bits per heavy atom. The van der Waals surface area contributed by atoms with Crippen LogP contribution in [0.25, 0.3) is 0 Å². The highest BCUT2D eigenvalue weighted by molar-refractivity contribution is 5.26. The molecule has 20 heavy (non-hydrogen) atoms. The molecule has 2 heteroatoms. The maximum absolute atomic E-state index is 6.03. The molecule has 0 amide bonds. The second-order valence-corrected chi connectivity index (χ2v) is 6.76. The lowest BCUT2D eigenvalue weighted by Gasteiger charge is -2.32. The molecule has 1 aromatic rings. The minimum atomic E-state index is 0.496. The zero-order valence-corrected chi connectivity index (χ0v) is 13.3. The van der Waals surface area contributed by atoms with Crippen LogP contribution in [0.2, 0.25) is 0 Å². The predicted molar refractivity (Wildman–Crippen MR) is 86.8 cm³/mol. The average Bonchev–Trinajstić information content (AvgIpc) is 2.60. The van der Waals surface area contributed by atoms with Crippen LogP contribution in [0.3, 0.4) is 0 Å². The first-order chi connectivity index (χ1) is 9.61. The summed E-state index contributed by atoms with van der Waals surface area (Å²) in [7, 11) is 2.25. The van der Waals surface area contributed by atoms with Gasteiger partial charge < -0.3 is 5.73 Å². The van der Waals surface area contributed by atoms with Crippen LogP contribution in [0, 0.1) is 11.8 Å². The molecule has 2 unspecified atom stereocenters. The van der Waals surface area contributed by atoms with Crippen LogP contribution in [-0.4, -0.2) is 25.0 Å². The number of nitrogens with zero attached hydrogens (tertiary/aromatic N) is 1. The Morgan fingerprint density at radius 3 is 2.50 bits per heavy atom. The lowest BCUT2D eigenvalue weighted by molar-refractivity contribution is 0.196. The van der Waals surface area contributed by atoms with Crippen LogP contribution in [-0.2, 0) is 6.42 Å². The average molecular weight is 274 g/mol. The van der Waals surface area contributed by atoms with Gasteiger partial charge in [-0.2, -0.15) is 0 Å². The fraction of sp³-hybridized carbons (Fsp3) is 0.667. The maximum Gasteiger partial charge on any atom is 0.0385 e. The lowest BCUT2D eigenvalue weighted by atomic mass is 9.88. The van der Waals surface area contributed by atoms with Crippen LogP contribution in [0.5, 0.6) is 0 Å². The van der Waals surface area contributed by atoms with E-state index in [-0.39, 0.29) is 0 Å². The van der Waals surface area contributed by atoms with Gasteiger partial charge >= 0.3 is 0 Å². The Labute approximate surface area is 124 Å². The van der Waals surface area contributed by atoms with E-state index < -0.39 is 0 Å². The third kappa shape index (κ3) is 3.83. The molecule has 1 aromatic carbocycles. The van der Waals surface area contributed by atoms with Crippen LogP contribution < -0.4 is 5.73 Å². The topological polar surface area (TPSA) is 29.3 Å². The molecular weight excluding hydrogens is 244 g/mol. The first kappa shape index (κ1) is 15.5. The first-order valence-electron chi connectivity index (χ1n) is 8.11. The zero-order chi connectivity index (χ0) is 14.5. The smallest absolute Gasteiger partial charge is 0.0385 e. The van der Waals surface area contributed by atoms with Gasteiger partial charge in [-0.15, -0.1) is 0 Å². The molecule has 2 atom stereocenters. The molecule has 2 rings (SSSR count). The summed E-state index contributed by atoms with van der Waals surface area (Å²) in [6.07, 6.45) is 5.05. The largest absolute Gasteiger partial charge is 0.330 e. The van der Waals surface area contributed by atoms with Gasteiger partial charge in [0.05, 0.1) is 0 Å². The van der Waals surface area contributed by atoms with Gasteiger partial charge in [-0.3, -0.25) is 4.90 Å². The number of hydrogen-bond donors (Lipinski definition) is 1. The molecule has 0 aliphatic carbocycles. The monoisotopic (exact) mass is 274 g/mol. The summed E-state index contributed by atoms with van der Waals surface area (Å²) < 4.78 is 0. The van der Waals surface area contributed by atoms with Crippen molar-refractivity contribution in [3.63, 3.8) is 0 Å². The van der Waals surface area contributed by atoms with Crippen LogP contribution >= 0.6 is 0 Å². The summed E-state index contributed by atoms with van der Waals surface area (Å²) in [6.45, 7) is 6.53. The Morgan fingerprint density at radius 1 is 1.20 bits per heavy atom. The molecule has 1 aliphatic rings. The van der Waals surface area contributed by atoms with Crippen LogP contribution in [0.1, 0.15) is 50.3 Å². The Bertz CT molecular complexity index is 396. The van der Waals surface area contributed by atoms with Gasteiger partial charge in [0.25, 0.3) is 0 Å². The number of likely N-dealkylation sites (tertiary alicyclic amines) is 1. The fourth-order valence-electron chi connectivity index (χ4n) is 3.52. The van der Waals surface area contributed by atoms with Crippen molar-refractivity contribution in [3.05, 3.63) is 35.4 Å². The zero-order valence-electron chi connectivity index (χ0n) is 13.3. The fourth-order valence-corrected chi connectivity index (χ4v) is 3.52. The van der Waals surface area contributed by atoms with Gasteiger partial charge in [0.15, 0.2) is 0 Å². The van der Waals surface area contributed by atoms with Crippen molar-refractivity contribution >= 4 is 0 Å². The molecule has 2 N–H and O–H groups in total. The maximum atomic E-state index is 6.03. The van der Waals surface area contributed by atoms with E-state index in [0.717, 1.165) is 12.5 Å². The van der Waals surface area contributed by atoms with E-state index in [1.165, 1.54) is 43.4 Å². The number of benzene rings is 1. The quantitative estimate of drug-likeness (QED) is 0.908. The lowest BCUT2D eigenvalue weighted by Crippen LogP contribution is -2.32. The second kappa shape index (κ2) is 7.24. The molecule has 0 aromatic heterocycles. The molecule has 0 bridgehead atoms. The molecule has 0 radical (unpaired) electrons. The standard InChI is InChI=1S/C18H30N2/c1-14(2)12-15-7-9-16(10-8-15)18-17(13-19)6-4-5-11-20(18)3/h7-10,14,17-18H,4-6,11-13,19H2,1-3H3. The van der Waals surface area contributed by atoms with Gasteiger partial charge in [-0.05, 0) is 62.4 Å². The highest BCUT2D eigenvalue weighted by atomic mass is 15.1. The number of rotatable bonds is 4. The van der Waals surface area contributed by atoms with Crippen molar-refractivity contribution in [2.75, 3.05) is 20.1 Å². The molecule has 1 saturated heterocycles. The molecule has 1 fully saturated rings. The Balaban J connectivity index is 2.18. The molecule has 1 heterocycles. The van der Waals surface area contributed by atoms with E-state index in [0.29, 0.717) is 12.0 Å².